The van der Waals surface area contributed by atoms with Crippen molar-refractivity contribution in [1.29, 1.82) is 0 Å². The molecule has 0 radical (unpaired) electrons. The first kappa shape index (κ1) is 20.5. The van der Waals surface area contributed by atoms with Gasteiger partial charge in [-0.1, -0.05) is 30.3 Å². The summed E-state index contributed by atoms with van der Waals surface area (Å²) in [6.07, 6.45) is 9.67. The van der Waals surface area contributed by atoms with Gasteiger partial charge >= 0.3 is 0 Å². The van der Waals surface area contributed by atoms with Crippen LogP contribution in [0.25, 0.3) is 0 Å². The third-order valence-electron chi connectivity index (χ3n) is 4.12. The van der Waals surface area contributed by atoms with Gasteiger partial charge < -0.3 is 10.5 Å². The lowest BCUT2D eigenvalue weighted by atomic mass is 10.1. The van der Waals surface area contributed by atoms with E-state index in [1.54, 1.807) is 6.20 Å². The minimum absolute atomic E-state index is 0.117. The van der Waals surface area contributed by atoms with E-state index in [-0.39, 0.29) is 5.12 Å². The highest BCUT2D eigenvalue weighted by atomic mass is 32.2. The van der Waals surface area contributed by atoms with Crippen LogP contribution in [-0.2, 0) is 16.1 Å². The summed E-state index contributed by atoms with van der Waals surface area (Å²) in [7, 11) is 0. The van der Waals surface area contributed by atoms with Crippen molar-refractivity contribution in [3.63, 3.8) is 0 Å². The number of thioether (sulfide) groups is 1. The van der Waals surface area contributed by atoms with E-state index in [1.165, 1.54) is 31.7 Å². The number of ether oxygens (including phenoxy) is 1. The molecule has 2 N–H and O–H groups in total. The molecule has 6 nitrogen and oxygen atoms in total. The van der Waals surface area contributed by atoms with Gasteiger partial charge in [0.05, 0.1) is 5.25 Å². The molecule has 0 spiro atoms. The van der Waals surface area contributed by atoms with Gasteiger partial charge in [-0.3, -0.25) is 14.5 Å². The standard InChI is InChI=1S/C19H27N3O3S/c1-15(23)26-17(19(20)24)7-3-6-12-25-18-13-16(8-9-21-18)14-22-10-4-2-5-11-22/h3,6,8-9,13,17H,2,4-5,7,10-12,14H2,1H3,(H2,20,24). The second-order valence-electron chi connectivity index (χ2n) is 6.36. The van der Waals surface area contributed by atoms with Gasteiger partial charge in [0, 0.05) is 25.7 Å². The number of nitrogens with zero attached hydrogens (tertiary/aromatic N) is 2. The molecule has 1 fully saturated rings. The summed E-state index contributed by atoms with van der Waals surface area (Å²) in [6.45, 7) is 5.02. The van der Waals surface area contributed by atoms with Crippen molar-refractivity contribution in [3.8, 4) is 5.88 Å². The molecule has 0 bridgehead atoms. The minimum Gasteiger partial charge on any atom is -0.473 e. The molecule has 1 atom stereocenters. The van der Waals surface area contributed by atoms with Gasteiger partial charge in [0.2, 0.25) is 11.8 Å². The summed E-state index contributed by atoms with van der Waals surface area (Å²) in [6, 6.07) is 3.99. The fraction of sp³-hybridized carbons (Fsp3) is 0.526. The van der Waals surface area contributed by atoms with Crippen LogP contribution in [0, 0.1) is 0 Å². The number of nitrogens with two attached hydrogens (primary N) is 1. The van der Waals surface area contributed by atoms with Crippen molar-refractivity contribution in [2.24, 2.45) is 5.73 Å². The Bertz CT molecular complexity index is 630. The number of carbonyl (C=O) groups excluding carboxylic acids is 2. The number of carbonyl (C=O) groups is 2. The molecule has 2 heterocycles. The highest BCUT2D eigenvalue weighted by Crippen LogP contribution is 2.17. The van der Waals surface area contributed by atoms with Crippen LogP contribution in [0.1, 0.15) is 38.2 Å². The van der Waals surface area contributed by atoms with Gasteiger partial charge in [0.1, 0.15) is 6.61 Å². The molecule has 0 aromatic carbocycles. The molecule has 1 aliphatic heterocycles. The maximum atomic E-state index is 11.3. The van der Waals surface area contributed by atoms with E-state index >= 15 is 0 Å². The van der Waals surface area contributed by atoms with Crippen molar-refractivity contribution in [1.82, 2.24) is 9.88 Å². The number of hydrogen-bond acceptors (Lipinski definition) is 6. The Kier molecular flexibility index (Phi) is 8.64. The van der Waals surface area contributed by atoms with Gasteiger partial charge in [-0.15, -0.1) is 0 Å². The summed E-state index contributed by atoms with van der Waals surface area (Å²) in [4.78, 5) is 29.1. The van der Waals surface area contributed by atoms with Crippen LogP contribution in [0.3, 0.4) is 0 Å². The number of piperidine rings is 1. The van der Waals surface area contributed by atoms with Crippen molar-refractivity contribution < 1.29 is 14.3 Å². The largest absolute Gasteiger partial charge is 0.473 e. The first-order valence-electron chi connectivity index (χ1n) is 8.96. The third kappa shape index (κ3) is 7.58. The molecule has 2 rings (SSSR count). The maximum absolute atomic E-state index is 11.3. The van der Waals surface area contributed by atoms with Crippen LogP contribution in [0.4, 0.5) is 0 Å². The van der Waals surface area contributed by atoms with E-state index < -0.39 is 11.2 Å². The number of likely N-dealkylation sites (tertiary alicyclic amines) is 1. The monoisotopic (exact) mass is 377 g/mol. The summed E-state index contributed by atoms with van der Waals surface area (Å²) in [5.74, 6) is 0.108. The van der Waals surface area contributed by atoms with E-state index in [9.17, 15) is 9.59 Å². The van der Waals surface area contributed by atoms with Crippen molar-refractivity contribution in [2.75, 3.05) is 19.7 Å². The Morgan fingerprint density at radius 1 is 1.35 bits per heavy atom. The number of pyridine rings is 1. The number of allylic oxidation sites excluding steroid dienone is 1. The lowest BCUT2D eigenvalue weighted by molar-refractivity contribution is -0.118. The fourth-order valence-electron chi connectivity index (χ4n) is 2.85. The molecule has 1 aromatic heterocycles. The highest BCUT2D eigenvalue weighted by molar-refractivity contribution is 8.14. The van der Waals surface area contributed by atoms with Crippen LogP contribution in [0.5, 0.6) is 5.88 Å². The number of primary amides is 1. The summed E-state index contributed by atoms with van der Waals surface area (Å²) in [5.41, 5.74) is 6.49. The lowest BCUT2D eigenvalue weighted by Crippen LogP contribution is -2.29. The Morgan fingerprint density at radius 3 is 2.81 bits per heavy atom. The van der Waals surface area contributed by atoms with E-state index in [1.807, 2.05) is 24.3 Å². The van der Waals surface area contributed by atoms with E-state index in [0.717, 1.165) is 31.4 Å². The quantitative estimate of drug-likeness (QED) is 0.666. The molecule has 26 heavy (non-hydrogen) atoms. The molecule has 142 valence electrons. The smallest absolute Gasteiger partial charge is 0.231 e. The number of rotatable bonds is 9. The zero-order valence-corrected chi connectivity index (χ0v) is 16.0. The summed E-state index contributed by atoms with van der Waals surface area (Å²) < 4.78 is 5.65. The predicted molar refractivity (Wildman–Crippen MR) is 104 cm³/mol. The minimum atomic E-state index is -0.533. The Balaban J connectivity index is 1.77. The SMILES string of the molecule is CC(=O)SC(CC=CCOc1cc(CN2CCCCC2)ccn1)C(N)=O. The maximum Gasteiger partial charge on any atom is 0.231 e. The molecular formula is C19H27N3O3S. The van der Waals surface area contributed by atoms with Crippen molar-refractivity contribution in [2.45, 2.75) is 44.4 Å². The molecule has 0 aliphatic carbocycles. The number of hydrogen-bond donors (Lipinski definition) is 1. The van der Waals surface area contributed by atoms with E-state index in [0.29, 0.717) is 18.9 Å². The topological polar surface area (TPSA) is 85.5 Å². The molecule has 0 saturated carbocycles. The molecule has 1 saturated heterocycles. The zero-order valence-electron chi connectivity index (χ0n) is 15.2. The average molecular weight is 378 g/mol. The van der Waals surface area contributed by atoms with Crippen LogP contribution in [-0.4, -0.2) is 45.9 Å². The summed E-state index contributed by atoms with van der Waals surface area (Å²) >= 11 is 0.958. The predicted octanol–water partition coefficient (Wildman–Crippen LogP) is 2.53. The van der Waals surface area contributed by atoms with Crippen LogP contribution in [0.2, 0.25) is 0 Å². The van der Waals surface area contributed by atoms with E-state index in [4.69, 9.17) is 10.5 Å². The number of aromatic nitrogens is 1. The first-order valence-corrected chi connectivity index (χ1v) is 9.84. The summed E-state index contributed by atoms with van der Waals surface area (Å²) in [5, 5.41) is -0.650. The Hall–Kier alpha value is -1.86. The zero-order chi connectivity index (χ0) is 18.8. The average Bonchev–Trinajstić information content (AvgIpc) is 2.61. The molecular weight excluding hydrogens is 350 g/mol. The second-order valence-corrected chi connectivity index (χ2v) is 7.74. The van der Waals surface area contributed by atoms with Gasteiger partial charge in [0.15, 0.2) is 5.12 Å². The van der Waals surface area contributed by atoms with Gasteiger partial charge in [-0.05, 0) is 44.0 Å². The lowest BCUT2D eigenvalue weighted by Gasteiger charge is -2.26. The molecule has 1 unspecified atom stereocenters. The fourth-order valence-corrected chi connectivity index (χ4v) is 3.57. The molecule has 7 heteroatoms. The Labute approximate surface area is 159 Å². The van der Waals surface area contributed by atoms with Gasteiger partial charge in [-0.25, -0.2) is 4.98 Å². The molecule has 1 aromatic rings. The Morgan fingerprint density at radius 2 is 2.12 bits per heavy atom. The highest BCUT2D eigenvalue weighted by Gasteiger charge is 2.16. The van der Waals surface area contributed by atoms with Crippen LogP contribution >= 0.6 is 11.8 Å². The normalized spacial score (nSPS) is 16.5. The number of amides is 1. The first-order chi connectivity index (χ1) is 12.5. The van der Waals surface area contributed by atoms with E-state index in [2.05, 4.69) is 9.88 Å². The van der Waals surface area contributed by atoms with Crippen molar-refractivity contribution >= 4 is 22.8 Å². The molecule has 1 aliphatic rings. The molecule has 1 amide bonds. The van der Waals surface area contributed by atoms with Gasteiger partial charge in [0.25, 0.3) is 0 Å². The second kappa shape index (κ2) is 11.0. The van der Waals surface area contributed by atoms with Crippen LogP contribution in [0.15, 0.2) is 30.5 Å². The van der Waals surface area contributed by atoms with Crippen LogP contribution < -0.4 is 10.5 Å². The van der Waals surface area contributed by atoms with Gasteiger partial charge in [-0.2, -0.15) is 0 Å². The third-order valence-corrected chi connectivity index (χ3v) is 5.17. The van der Waals surface area contributed by atoms with Crippen molar-refractivity contribution in [3.05, 3.63) is 36.0 Å².